The lowest BCUT2D eigenvalue weighted by Crippen LogP contribution is -2.21. The molecule has 0 heterocycles. The molecule has 0 amide bonds. The smallest absolute Gasteiger partial charge is 0.337 e. The largest absolute Gasteiger partial charge is 0.465 e. The first-order chi connectivity index (χ1) is 7.42. The molecule has 0 saturated carbocycles. The molecule has 0 aliphatic carbocycles. The molecule has 6 heteroatoms. The van der Waals surface area contributed by atoms with E-state index in [4.69, 9.17) is 5.11 Å². The Balaban J connectivity index is 3.24. The lowest BCUT2D eigenvalue weighted by Gasteiger charge is -2.15. The minimum absolute atomic E-state index is 0.202. The number of rotatable bonds is 3. The van der Waals surface area contributed by atoms with Crippen LogP contribution >= 0.6 is 0 Å². The Labute approximate surface area is 89.5 Å². The highest BCUT2D eigenvalue weighted by molar-refractivity contribution is 5.89. The van der Waals surface area contributed by atoms with E-state index in [1.807, 2.05) is 0 Å². The van der Waals surface area contributed by atoms with Crippen LogP contribution in [0.15, 0.2) is 18.2 Å². The fraction of sp³-hybridized carbons (Fsp3) is 0.300. The van der Waals surface area contributed by atoms with Gasteiger partial charge in [0, 0.05) is 0 Å². The van der Waals surface area contributed by atoms with Crippen molar-refractivity contribution in [2.75, 3.05) is 13.7 Å². The zero-order chi connectivity index (χ0) is 12.3. The van der Waals surface area contributed by atoms with E-state index in [0.29, 0.717) is 6.07 Å². The molecule has 1 aromatic carbocycles. The molecular formula is C10H9F3O3. The summed E-state index contributed by atoms with van der Waals surface area (Å²) in [7, 11) is 1.08. The number of ether oxygens (including phenoxy) is 1. The number of carbonyl (C=O) groups excluding carboxylic acids is 1. The van der Waals surface area contributed by atoms with Crippen LogP contribution in [0.3, 0.4) is 0 Å². The molecule has 0 radical (unpaired) electrons. The van der Waals surface area contributed by atoms with Crippen LogP contribution in [-0.2, 0) is 10.7 Å². The topological polar surface area (TPSA) is 46.5 Å². The van der Waals surface area contributed by atoms with Crippen LogP contribution in [0.4, 0.5) is 13.2 Å². The van der Waals surface area contributed by atoms with Gasteiger partial charge in [-0.1, -0.05) is 0 Å². The summed E-state index contributed by atoms with van der Waals surface area (Å²) in [4.78, 5) is 11.0. The molecule has 0 aromatic heterocycles. The van der Waals surface area contributed by atoms with E-state index in [2.05, 4.69) is 4.74 Å². The minimum atomic E-state index is -3.73. The zero-order valence-electron chi connectivity index (χ0n) is 8.34. The highest BCUT2D eigenvalue weighted by Crippen LogP contribution is 2.30. The average Bonchev–Trinajstić information content (AvgIpc) is 2.28. The molecule has 16 heavy (non-hydrogen) atoms. The summed E-state index contributed by atoms with van der Waals surface area (Å²) in [5.41, 5.74) is -1.23. The quantitative estimate of drug-likeness (QED) is 0.809. The number of methoxy groups -OCH3 is 1. The molecular weight excluding hydrogens is 225 g/mol. The summed E-state index contributed by atoms with van der Waals surface area (Å²) in [6.07, 6.45) is 0. The second kappa shape index (κ2) is 4.52. The maximum Gasteiger partial charge on any atom is 0.337 e. The van der Waals surface area contributed by atoms with E-state index in [0.717, 1.165) is 19.2 Å². The molecule has 0 atom stereocenters. The minimum Gasteiger partial charge on any atom is -0.465 e. The van der Waals surface area contributed by atoms with Crippen LogP contribution in [0.2, 0.25) is 0 Å². The summed E-state index contributed by atoms with van der Waals surface area (Å²) < 4.78 is 43.5. The van der Waals surface area contributed by atoms with Crippen molar-refractivity contribution in [1.29, 1.82) is 0 Å². The predicted molar refractivity (Wildman–Crippen MR) is 48.7 cm³/mol. The molecule has 0 saturated heterocycles. The average molecular weight is 234 g/mol. The van der Waals surface area contributed by atoms with E-state index in [1.165, 1.54) is 0 Å². The molecule has 1 aromatic rings. The molecule has 0 bridgehead atoms. The fourth-order valence-electron chi connectivity index (χ4n) is 1.14. The SMILES string of the molecule is COC(=O)c1ccc(F)c(C(F)(F)CO)c1. The van der Waals surface area contributed by atoms with Gasteiger partial charge in [-0.15, -0.1) is 0 Å². The third-order valence-corrected chi connectivity index (χ3v) is 1.98. The zero-order valence-corrected chi connectivity index (χ0v) is 8.34. The van der Waals surface area contributed by atoms with Crippen molar-refractivity contribution >= 4 is 5.97 Å². The number of esters is 1. The molecule has 0 fully saturated rings. The predicted octanol–water partition coefficient (Wildman–Crippen LogP) is 1.70. The van der Waals surface area contributed by atoms with Gasteiger partial charge in [0.05, 0.1) is 18.2 Å². The summed E-state index contributed by atoms with van der Waals surface area (Å²) >= 11 is 0. The van der Waals surface area contributed by atoms with Crippen LogP contribution in [-0.4, -0.2) is 24.8 Å². The second-order valence-electron chi connectivity index (χ2n) is 3.05. The molecule has 3 nitrogen and oxygen atoms in total. The van der Waals surface area contributed by atoms with Gasteiger partial charge in [0.25, 0.3) is 5.92 Å². The number of aliphatic hydroxyl groups excluding tert-OH is 1. The number of halogens is 3. The van der Waals surface area contributed by atoms with Crippen molar-refractivity contribution in [3.63, 3.8) is 0 Å². The number of hydrogen-bond acceptors (Lipinski definition) is 3. The van der Waals surface area contributed by atoms with Gasteiger partial charge in [-0.05, 0) is 18.2 Å². The summed E-state index contributed by atoms with van der Waals surface area (Å²) in [6, 6.07) is 2.42. The van der Waals surface area contributed by atoms with Crippen LogP contribution in [0.5, 0.6) is 0 Å². The molecule has 0 spiro atoms. The summed E-state index contributed by atoms with van der Waals surface area (Å²) in [6.45, 7) is -1.53. The Hall–Kier alpha value is -1.56. The van der Waals surface area contributed by atoms with E-state index in [-0.39, 0.29) is 5.56 Å². The third kappa shape index (κ3) is 2.33. The van der Waals surface area contributed by atoms with Crippen molar-refractivity contribution in [2.24, 2.45) is 0 Å². The molecule has 0 aliphatic rings. The first kappa shape index (κ1) is 12.5. The highest BCUT2D eigenvalue weighted by Gasteiger charge is 2.34. The van der Waals surface area contributed by atoms with Crippen LogP contribution in [0.1, 0.15) is 15.9 Å². The van der Waals surface area contributed by atoms with Crippen molar-refractivity contribution in [3.05, 3.63) is 35.1 Å². The van der Waals surface area contributed by atoms with Gasteiger partial charge in [-0.25, -0.2) is 9.18 Å². The van der Waals surface area contributed by atoms with Crippen LogP contribution in [0.25, 0.3) is 0 Å². The Morgan fingerprint density at radius 1 is 1.50 bits per heavy atom. The maximum atomic E-state index is 13.1. The number of carbonyl (C=O) groups is 1. The Morgan fingerprint density at radius 3 is 2.62 bits per heavy atom. The number of aliphatic hydroxyl groups is 1. The third-order valence-electron chi connectivity index (χ3n) is 1.98. The normalized spacial score (nSPS) is 11.3. The van der Waals surface area contributed by atoms with Gasteiger partial charge < -0.3 is 9.84 Å². The number of hydrogen-bond donors (Lipinski definition) is 1. The Morgan fingerprint density at radius 2 is 2.12 bits per heavy atom. The summed E-state index contributed by atoms with van der Waals surface area (Å²) in [5.74, 6) is -5.77. The van der Waals surface area contributed by atoms with E-state index < -0.39 is 29.9 Å². The monoisotopic (exact) mass is 234 g/mol. The molecule has 0 unspecified atom stereocenters. The van der Waals surface area contributed by atoms with Gasteiger partial charge in [-0.3, -0.25) is 0 Å². The lowest BCUT2D eigenvalue weighted by atomic mass is 10.0. The first-order valence-electron chi connectivity index (χ1n) is 4.29. The first-order valence-corrected chi connectivity index (χ1v) is 4.29. The molecule has 1 N–H and O–H groups in total. The van der Waals surface area contributed by atoms with E-state index >= 15 is 0 Å². The Bertz CT molecular complexity index is 404. The summed E-state index contributed by atoms with van der Waals surface area (Å²) in [5, 5.41) is 8.43. The molecule has 1 rings (SSSR count). The van der Waals surface area contributed by atoms with Crippen molar-refractivity contribution < 1.29 is 27.8 Å². The Kier molecular flexibility index (Phi) is 3.54. The van der Waals surface area contributed by atoms with E-state index in [9.17, 15) is 18.0 Å². The van der Waals surface area contributed by atoms with Gasteiger partial charge >= 0.3 is 5.97 Å². The van der Waals surface area contributed by atoms with Gasteiger partial charge in [0.1, 0.15) is 12.4 Å². The van der Waals surface area contributed by atoms with Gasteiger partial charge in [-0.2, -0.15) is 8.78 Å². The number of alkyl halides is 2. The van der Waals surface area contributed by atoms with Gasteiger partial charge in [0.2, 0.25) is 0 Å². The van der Waals surface area contributed by atoms with Crippen molar-refractivity contribution in [1.82, 2.24) is 0 Å². The second-order valence-corrected chi connectivity index (χ2v) is 3.05. The highest BCUT2D eigenvalue weighted by atomic mass is 19.3. The molecule has 0 aliphatic heterocycles. The standard InChI is InChI=1S/C10H9F3O3/c1-16-9(15)6-2-3-8(11)7(4-6)10(12,13)5-14/h2-4,14H,5H2,1H3. The number of benzene rings is 1. The van der Waals surface area contributed by atoms with Gasteiger partial charge in [0.15, 0.2) is 0 Å². The molecule has 88 valence electrons. The van der Waals surface area contributed by atoms with E-state index in [1.54, 1.807) is 0 Å². The fourth-order valence-corrected chi connectivity index (χ4v) is 1.14. The lowest BCUT2D eigenvalue weighted by molar-refractivity contribution is -0.0583. The van der Waals surface area contributed by atoms with Crippen molar-refractivity contribution in [3.8, 4) is 0 Å². The van der Waals surface area contributed by atoms with Crippen LogP contribution < -0.4 is 0 Å². The van der Waals surface area contributed by atoms with Crippen LogP contribution in [0, 0.1) is 5.82 Å². The van der Waals surface area contributed by atoms with Crippen molar-refractivity contribution in [2.45, 2.75) is 5.92 Å². The maximum absolute atomic E-state index is 13.1.